The number of carbonyl (C=O) groups excluding carboxylic acids is 1. The van der Waals surface area contributed by atoms with Crippen molar-refractivity contribution in [3.8, 4) is 17.3 Å². The van der Waals surface area contributed by atoms with Gasteiger partial charge in [0.15, 0.2) is 5.82 Å². The van der Waals surface area contributed by atoms with Gasteiger partial charge in [-0.3, -0.25) is 0 Å². The number of carbonyl (C=O) groups is 1. The van der Waals surface area contributed by atoms with Gasteiger partial charge in [0.05, 0.1) is 30.3 Å². The Balaban J connectivity index is 2.16. The van der Waals surface area contributed by atoms with E-state index in [1.54, 1.807) is 24.3 Å². The van der Waals surface area contributed by atoms with Crippen molar-refractivity contribution in [1.82, 2.24) is 18.2 Å². The third kappa shape index (κ3) is 3.81. The van der Waals surface area contributed by atoms with E-state index in [-0.39, 0.29) is 17.1 Å². The zero-order valence-electron chi connectivity index (χ0n) is 19.0. The first kappa shape index (κ1) is 22.7. The summed E-state index contributed by atoms with van der Waals surface area (Å²) < 4.78 is 39.6. The molecule has 0 bridgehead atoms. The van der Waals surface area contributed by atoms with Crippen LogP contribution in [-0.4, -0.2) is 60.4 Å². The zero-order chi connectivity index (χ0) is 23.9. The summed E-state index contributed by atoms with van der Waals surface area (Å²) in [6.45, 7) is 4.14. The second-order valence-corrected chi connectivity index (χ2v) is 9.61. The SMILES string of the molecule is CCOc1cccc2c1nc(-c1nc3ccc(C)cc3cc1C(=O)OC)n2S(=O)(=O)N(C)C. The van der Waals surface area contributed by atoms with Gasteiger partial charge in [-0.1, -0.05) is 17.7 Å². The maximum absolute atomic E-state index is 13.4. The first-order valence-corrected chi connectivity index (χ1v) is 11.7. The molecule has 0 saturated carbocycles. The summed E-state index contributed by atoms with van der Waals surface area (Å²) >= 11 is 0. The fraction of sp³-hybridized carbons (Fsp3) is 0.261. The Kier molecular flexibility index (Phi) is 5.81. The maximum Gasteiger partial charge on any atom is 0.340 e. The van der Waals surface area contributed by atoms with Gasteiger partial charge in [0.2, 0.25) is 0 Å². The number of methoxy groups -OCH3 is 1. The molecule has 0 radical (unpaired) electrons. The lowest BCUT2D eigenvalue weighted by molar-refractivity contribution is 0.0601. The highest BCUT2D eigenvalue weighted by molar-refractivity contribution is 7.87. The molecule has 10 heteroatoms. The van der Waals surface area contributed by atoms with Crippen molar-refractivity contribution in [2.24, 2.45) is 0 Å². The smallest absolute Gasteiger partial charge is 0.340 e. The average Bonchev–Trinajstić information content (AvgIpc) is 3.19. The summed E-state index contributed by atoms with van der Waals surface area (Å²) in [5, 5.41) is 0.729. The van der Waals surface area contributed by atoms with Crippen LogP contribution in [0.2, 0.25) is 0 Å². The second kappa shape index (κ2) is 8.45. The molecule has 0 N–H and O–H groups in total. The van der Waals surface area contributed by atoms with Gasteiger partial charge in [-0.25, -0.2) is 18.7 Å². The summed E-state index contributed by atoms with van der Waals surface area (Å²) in [5.41, 5.74) is 2.46. The van der Waals surface area contributed by atoms with E-state index in [2.05, 4.69) is 9.97 Å². The van der Waals surface area contributed by atoms with E-state index < -0.39 is 16.2 Å². The topological polar surface area (TPSA) is 104 Å². The number of aromatic nitrogens is 3. The van der Waals surface area contributed by atoms with Crippen LogP contribution in [0.15, 0.2) is 42.5 Å². The molecular formula is C23H24N4O5S. The Bertz CT molecular complexity index is 1490. The molecule has 0 atom stereocenters. The molecule has 0 saturated heterocycles. The van der Waals surface area contributed by atoms with E-state index in [1.165, 1.54) is 21.2 Å². The predicted molar refractivity (Wildman–Crippen MR) is 126 cm³/mol. The Morgan fingerprint density at radius 3 is 2.55 bits per heavy atom. The van der Waals surface area contributed by atoms with Crippen LogP contribution < -0.4 is 4.74 Å². The quantitative estimate of drug-likeness (QED) is 0.400. The highest BCUT2D eigenvalue weighted by Gasteiger charge is 2.30. The lowest BCUT2D eigenvalue weighted by Crippen LogP contribution is -2.29. The molecule has 33 heavy (non-hydrogen) atoms. The first-order chi connectivity index (χ1) is 15.7. The first-order valence-electron chi connectivity index (χ1n) is 10.3. The molecule has 0 aliphatic carbocycles. The number of nitrogens with zero attached hydrogens (tertiary/aromatic N) is 4. The lowest BCUT2D eigenvalue weighted by Gasteiger charge is -2.16. The zero-order valence-corrected chi connectivity index (χ0v) is 19.8. The number of benzene rings is 2. The molecule has 9 nitrogen and oxygen atoms in total. The summed E-state index contributed by atoms with van der Waals surface area (Å²) in [6, 6.07) is 12.3. The summed E-state index contributed by atoms with van der Waals surface area (Å²) in [6.07, 6.45) is 0. The summed E-state index contributed by atoms with van der Waals surface area (Å²) in [5.74, 6) is -0.222. The van der Waals surface area contributed by atoms with Crippen molar-refractivity contribution < 1.29 is 22.7 Å². The van der Waals surface area contributed by atoms with E-state index in [0.29, 0.717) is 28.9 Å². The summed E-state index contributed by atoms with van der Waals surface area (Å²) in [7, 11) is 0.0747. The molecule has 0 fully saturated rings. The van der Waals surface area contributed by atoms with E-state index in [1.807, 2.05) is 32.0 Å². The highest BCUT2D eigenvalue weighted by atomic mass is 32.2. The van der Waals surface area contributed by atoms with Crippen LogP contribution >= 0.6 is 0 Å². The molecule has 4 aromatic rings. The molecule has 0 aliphatic rings. The maximum atomic E-state index is 13.4. The number of aryl methyl sites for hydroxylation is 1. The van der Waals surface area contributed by atoms with Gasteiger partial charge in [-0.05, 0) is 44.2 Å². The molecule has 0 amide bonds. The van der Waals surface area contributed by atoms with Crippen LogP contribution in [0.4, 0.5) is 0 Å². The minimum absolute atomic E-state index is 0.00581. The van der Waals surface area contributed by atoms with Crippen LogP contribution in [0.3, 0.4) is 0 Å². The van der Waals surface area contributed by atoms with E-state index in [9.17, 15) is 13.2 Å². The van der Waals surface area contributed by atoms with Gasteiger partial charge in [-0.15, -0.1) is 0 Å². The van der Waals surface area contributed by atoms with E-state index in [4.69, 9.17) is 9.47 Å². The van der Waals surface area contributed by atoms with Gasteiger partial charge in [-0.2, -0.15) is 12.7 Å². The number of rotatable bonds is 6. The molecule has 0 aliphatic heterocycles. The molecule has 0 unspecified atom stereocenters. The van der Waals surface area contributed by atoms with Crippen molar-refractivity contribution in [1.29, 1.82) is 0 Å². The fourth-order valence-electron chi connectivity index (χ4n) is 3.60. The Morgan fingerprint density at radius 1 is 1.12 bits per heavy atom. The number of ether oxygens (including phenoxy) is 2. The van der Waals surface area contributed by atoms with Crippen LogP contribution in [0.1, 0.15) is 22.8 Å². The average molecular weight is 469 g/mol. The number of para-hydroxylation sites is 1. The van der Waals surface area contributed by atoms with Gasteiger partial charge in [0.25, 0.3) is 0 Å². The number of pyridine rings is 1. The Hall–Kier alpha value is -3.50. The van der Waals surface area contributed by atoms with Crippen molar-refractivity contribution in [2.45, 2.75) is 13.8 Å². The second-order valence-electron chi connectivity index (χ2n) is 7.62. The third-order valence-electron chi connectivity index (χ3n) is 5.19. The van der Waals surface area contributed by atoms with Crippen LogP contribution in [-0.2, 0) is 14.9 Å². The standard InChI is InChI=1S/C23H24N4O5S/c1-6-32-19-9-7-8-18-21(19)25-22(27(18)33(29,30)26(3)4)20-16(23(28)31-5)13-15-12-14(2)10-11-17(15)24-20/h7-13H,6H2,1-5H3. The van der Waals surface area contributed by atoms with Gasteiger partial charge < -0.3 is 9.47 Å². The normalized spacial score (nSPS) is 11.9. The van der Waals surface area contributed by atoms with E-state index >= 15 is 0 Å². The molecule has 2 aromatic carbocycles. The molecule has 4 rings (SSSR count). The fourth-order valence-corrected chi connectivity index (χ4v) is 4.67. The molecule has 2 heterocycles. The predicted octanol–water partition coefficient (Wildman–Crippen LogP) is 3.40. The highest BCUT2D eigenvalue weighted by Crippen LogP contribution is 2.34. The number of imidazole rings is 1. The molecule has 2 aromatic heterocycles. The third-order valence-corrected chi connectivity index (χ3v) is 6.94. The molecule has 172 valence electrons. The van der Waals surface area contributed by atoms with Crippen molar-refractivity contribution in [3.05, 3.63) is 53.6 Å². The Labute approximate surface area is 191 Å². The Morgan fingerprint density at radius 2 is 1.88 bits per heavy atom. The minimum Gasteiger partial charge on any atom is -0.492 e. The molecule has 0 spiro atoms. The monoisotopic (exact) mass is 468 g/mol. The van der Waals surface area contributed by atoms with Crippen molar-refractivity contribution >= 4 is 38.1 Å². The van der Waals surface area contributed by atoms with Gasteiger partial charge in [0, 0.05) is 19.5 Å². The van der Waals surface area contributed by atoms with Crippen LogP contribution in [0.25, 0.3) is 33.5 Å². The van der Waals surface area contributed by atoms with Gasteiger partial charge in [0.1, 0.15) is 17.0 Å². The largest absolute Gasteiger partial charge is 0.492 e. The number of hydrogen-bond donors (Lipinski definition) is 0. The lowest BCUT2D eigenvalue weighted by atomic mass is 10.1. The summed E-state index contributed by atoms with van der Waals surface area (Å²) in [4.78, 5) is 22.0. The number of hydrogen-bond acceptors (Lipinski definition) is 7. The van der Waals surface area contributed by atoms with Crippen LogP contribution in [0, 0.1) is 6.92 Å². The molecular weight excluding hydrogens is 444 g/mol. The van der Waals surface area contributed by atoms with Gasteiger partial charge >= 0.3 is 16.2 Å². The minimum atomic E-state index is -4.04. The van der Waals surface area contributed by atoms with E-state index in [0.717, 1.165) is 19.2 Å². The number of esters is 1. The van der Waals surface area contributed by atoms with Crippen molar-refractivity contribution in [3.63, 3.8) is 0 Å². The van der Waals surface area contributed by atoms with Crippen molar-refractivity contribution in [2.75, 3.05) is 27.8 Å². The van der Waals surface area contributed by atoms with Crippen LogP contribution in [0.5, 0.6) is 5.75 Å². The number of fused-ring (bicyclic) bond motifs is 2.